The lowest BCUT2D eigenvalue weighted by Gasteiger charge is -2.05. The summed E-state index contributed by atoms with van der Waals surface area (Å²) in [6.07, 6.45) is 2.53. The number of esters is 1. The summed E-state index contributed by atoms with van der Waals surface area (Å²) in [4.78, 5) is 15.2. The van der Waals surface area contributed by atoms with E-state index in [4.69, 9.17) is 4.74 Å². The van der Waals surface area contributed by atoms with Crippen molar-refractivity contribution in [3.05, 3.63) is 12.2 Å². The molecule has 1 N–H and O–H groups in total. The van der Waals surface area contributed by atoms with Crippen LogP contribution in [0.3, 0.4) is 0 Å². The molecule has 90 valence electrons. The molecular formula is C10H18N4O2. The number of aryl methyl sites for hydroxylation is 1. The smallest absolute Gasteiger partial charge is 0.319 e. The van der Waals surface area contributed by atoms with Gasteiger partial charge in [0.15, 0.2) is 0 Å². The minimum Gasteiger partial charge on any atom is -0.465 e. The third-order valence-electron chi connectivity index (χ3n) is 1.99. The van der Waals surface area contributed by atoms with Crippen LogP contribution in [0.5, 0.6) is 0 Å². The van der Waals surface area contributed by atoms with Crippen LogP contribution in [0.15, 0.2) is 6.33 Å². The van der Waals surface area contributed by atoms with Crippen molar-refractivity contribution in [2.75, 3.05) is 13.2 Å². The fourth-order valence-corrected chi connectivity index (χ4v) is 1.31. The molecule has 1 aromatic heterocycles. The Morgan fingerprint density at radius 3 is 3.06 bits per heavy atom. The number of ether oxygens (including phenoxy) is 1. The highest BCUT2D eigenvalue weighted by molar-refractivity contribution is 5.71. The zero-order valence-electron chi connectivity index (χ0n) is 9.77. The average molecular weight is 226 g/mol. The zero-order valence-corrected chi connectivity index (χ0v) is 9.77. The van der Waals surface area contributed by atoms with Crippen molar-refractivity contribution in [2.24, 2.45) is 0 Å². The third kappa shape index (κ3) is 3.98. The molecule has 1 rings (SSSR count). The maximum atomic E-state index is 11.1. The van der Waals surface area contributed by atoms with E-state index >= 15 is 0 Å². The first-order chi connectivity index (χ1) is 7.77. The summed E-state index contributed by atoms with van der Waals surface area (Å²) in [5, 5.41) is 7.06. The van der Waals surface area contributed by atoms with Gasteiger partial charge in [-0.1, -0.05) is 6.92 Å². The van der Waals surface area contributed by atoms with Gasteiger partial charge in [-0.05, 0) is 13.3 Å². The number of aromatic nitrogens is 3. The molecule has 0 aliphatic carbocycles. The van der Waals surface area contributed by atoms with Gasteiger partial charge in [0.1, 0.15) is 12.2 Å². The first-order valence-corrected chi connectivity index (χ1v) is 5.51. The van der Waals surface area contributed by atoms with E-state index in [-0.39, 0.29) is 12.5 Å². The minimum absolute atomic E-state index is 0.201. The van der Waals surface area contributed by atoms with Crippen LogP contribution in [-0.4, -0.2) is 33.9 Å². The van der Waals surface area contributed by atoms with E-state index in [1.54, 1.807) is 6.92 Å². The Morgan fingerprint density at radius 2 is 2.38 bits per heavy atom. The monoisotopic (exact) mass is 226 g/mol. The van der Waals surface area contributed by atoms with Gasteiger partial charge in [-0.2, -0.15) is 5.10 Å². The van der Waals surface area contributed by atoms with Crippen molar-refractivity contribution < 1.29 is 9.53 Å². The maximum Gasteiger partial charge on any atom is 0.319 e. The first kappa shape index (κ1) is 12.6. The summed E-state index contributed by atoms with van der Waals surface area (Å²) < 4.78 is 6.63. The Kier molecular flexibility index (Phi) is 5.49. The summed E-state index contributed by atoms with van der Waals surface area (Å²) in [6, 6.07) is 0. The zero-order chi connectivity index (χ0) is 11.8. The molecule has 0 spiro atoms. The van der Waals surface area contributed by atoms with Crippen LogP contribution >= 0.6 is 0 Å². The predicted octanol–water partition coefficient (Wildman–Crippen LogP) is 0.341. The molecule has 0 amide bonds. The fourth-order valence-electron chi connectivity index (χ4n) is 1.31. The molecule has 0 aliphatic rings. The van der Waals surface area contributed by atoms with Crippen molar-refractivity contribution in [2.45, 2.75) is 33.4 Å². The standard InChI is InChI=1S/C10H18N4O2/c1-3-5-14-9(12-8-13-14)6-11-7-10(15)16-4-2/h8,11H,3-7H2,1-2H3. The van der Waals surface area contributed by atoms with Crippen LogP contribution < -0.4 is 5.32 Å². The fraction of sp³-hybridized carbons (Fsp3) is 0.700. The molecule has 0 saturated carbocycles. The topological polar surface area (TPSA) is 69.0 Å². The summed E-state index contributed by atoms with van der Waals surface area (Å²) >= 11 is 0. The second-order valence-corrected chi connectivity index (χ2v) is 3.31. The average Bonchev–Trinajstić information content (AvgIpc) is 2.67. The summed E-state index contributed by atoms with van der Waals surface area (Å²) in [5.74, 6) is 0.593. The third-order valence-corrected chi connectivity index (χ3v) is 1.99. The van der Waals surface area contributed by atoms with Crippen molar-refractivity contribution in [1.82, 2.24) is 20.1 Å². The van der Waals surface area contributed by atoms with E-state index in [1.165, 1.54) is 6.33 Å². The van der Waals surface area contributed by atoms with E-state index in [0.717, 1.165) is 18.8 Å². The number of rotatable bonds is 7. The van der Waals surface area contributed by atoms with Gasteiger partial charge in [0.25, 0.3) is 0 Å². The second-order valence-electron chi connectivity index (χ2n) is 3.31. The minimum atomic E-state index is -0.246. The SMILES string of the molecule is CCCn1ncnc1CNCC(=O)OCC. The summed E-state index contributed by atoms with van der Waals surface area (Å²) in [6.45, 7) is 5.85. The van der Waals surface area contributed by atoms with Crippen molar-refractivity contribution in [1.29, 1.82) is 0 Å². The van der Waals surface area contributed by atoms with Crippen molar-refractivity contribution in [3.63, 3.8) is 0 Å². The van der Waals surface area contributed by atoms with E-state index < -0.39 is 0 Å². The van der Waals surface area contributed by atoms with Gasteiger partial charge >= 0.3 is 5.97 Å². The van der Waals surface area contributed by atoms with Gasteiger partial charge < -0.3 is 4.74 Å². The van der Waals surface area contributed by atoms with Gasteiger partial charge in [-0.3, -0.25) is 10.1 Å². The highest BCUT2D eigenvalue weighted by Crippen LogP contribution is 1.95. The highest BCUT2D eigenvalue weighted by atomic mass is 16.5. The van der Waals surface area contributed by atoms with Gasteiger partial charge in [0.2, 0.25) is 0 Å². The van der Waals surface area contributed by atoms with Crippen LogP contribution in [0.1, 0.15) is 26.1 Å². The first-order valence-electron chi connectivity index (χ1n) is 5.51. The van der Waals surface area contributed by atoms with Gasteiger partial charge in [0, 0.05) is 6.54 Å². The number of nitrogens with zero attached hydrogens (tertiary/aromatic N) is 3. The Balaban J connectivity index is 2.31. The molecule has 0 fully saturated rings. The van der Waals surface area contributed by atoms with E-state index in [2.05, 4.69) is 22.3 Å². The predicted molar refractivity (Wildman–Crippen MR) is 58.7 cm³/mol. The molecule has 0 radical (unpaired) electrons. The van der Waals surface area contributed by atoms with Crippen molar-refractivity contribution in [3.8, 4) is 0 Å². The largest absolute Gasteiger partial charge is 0.465 e. The molecule has 0 atom stereocenters. The molecule has 0 unspecified atom stereocenters. The molecule has 0 aliphatic heterocycles. The lowest BCUT2D eigenvalue weighted by Crippen LogP contribution is -2.26. The van der Waals surface area contributed by atoms with Crippen LogP contribution in [0, 0.1) is 0 Å². The van der Waals surface area contributed by atoms with E-state index in [0.29, 0.717) is 13.2 Å². The summed E-state index contributed by atoms with van der Waals surface area (Å²) in [5.41, 5.74) is 0. The molecule has 0 aromatic carbocycles. The molecule has 6 heteroatoms. The number of hydrogen-bond donors (Lipinski definition) is 1. The van der Waals surface area contributed by atoms with Gasteiger partial charge in [0.05, 0.1) is 19.7 Å². The Hall–Kier alpha value is -1.43. The molecule has 1 heterocycles. The van der Waals surface area contributed by atoms with E-state index in [1.807, 2.05) is 4.68 Å². The lowest BCUT2D eigenvalue weighted by molar-refractivity contribution is -0.142. The number of nitrogens with one attached hydrogen (secondary N) is 1. The Labute approximate surface area is 95.0 Å². The molecule has 16 heavy (non-hydrogen) atoms. The highest BCUT2D eigenvalue weighted by Gasteiger charge is 2.05. The van der Waals surface area contributed by atoms with Crippen LogP contribution in [0.25, 0.3) is 0 Å². The molecule has 0 saturated heterocycles. The quantitative estimate of drug-likeness (QED) is 0.679. The van der Waals surface area contributed by atoms with Gasteiger partial charge in [-0.25, -0.2) is 9.67 Å². The molecule has 1 aromatic rings. The molecular weight excluding hydrogens is 208 g/mol. The van der Waals surface area contributed by atoms with Crippen LogP contribution in [-0.2, 0) is 22.6 Å². The van der Waals surface area contributed by atoms with E-state index in [9.17, 15) is 4.79 Å². The number of carbonyl (C=O) groups is 1. The number of carbonyl (C=O) groups excluding carboxylic acids is 1. The maximum absolute atomic E-state index is 11.1. The normalized spacial score (nSPS) is 10.4. The second kappa shape index (κ2) is 6.95. The van der Waals surface area contributed by atoms with Crippen molar-refractivity contribution >= 4 is 5.97 Å². The van der Waals surface area contributed by atoms with Crippen LogP contribution in [0.2, 0.25) is 0 Å². The Bertz CT molecular complexity index is 324. The molecule has 0 bridgehead atoms. The van der Waals surface area contributed by atoms with Crippen LogP contribution in [0.4, 0.5) is 0 Å². The summed E-state index contributed by atoms with van der Waals surface area (Å²) in [7, 11) is 0. The molecule has 6 nitrogen and oxygen atoms in total. The number of hydrogen-bond acceptors (Lipinski definition) is 5. The Morgan fingerprint density at radius 1 is 1.56 bits per heavy atom. The van der Waals surface area contributed by atoms with Gasteiger partial charge in [-0.15, -0.1) is 0 Å². The lowest BCUT2D eigenvalue weighted by atomic mass is 10.4.